The Bertz CT molecular complexity index is 1350. The first kappa shape index (κ1) is 26.0. The Morgan fingerprint density at radius 3 is 2.26 bits per heavy atom. The molecular formula is C25H24F3N3O3S. The second-order valence-electron chi connectivity index (χ2n) is 8.03. The number of hydrogen-bond donors (Lipinski definition) is 1. The molecule has 0 spiro atoms. The summed E-state index contributed by atoms with van der Waals surface area (Å²) in [7, 11) is -4.10. The van der Waals surface area contributed by atoms with E-state index in [-0.39, 0.29) is 10.5 Å². The molecule has 0 saturated carbocycles. The van der Waals surface area contributed by atoms with Gasteiger partial charge >= 0.3 is 6.18 Å². The summed E-state index contributed by atoms with van der Waals surface area (Å²) in [6.07, 6.45) is -3.45. The third kappa shape index (κ3) is 6.48. The Labute approximate surface area is 202 Å². The van der Waals surface area contributed by atoms with Crippen LogP contribution in [0.25, 0.3) is 0 Å². The van der Waals surface area contributed by atoms with Gasteiger partial charge in [-0.3, -0.25) is 9.10 Å². The number of anilines is 1. The molecule has 3 aromatic rings. The zero-order valence-electron chi connectivity index (χ0n) is 19.3. The van der Waals surface area contributed by atoms with Crippen molar-refractivity contribution in [1.82, 2.24) is 5.43 Å². The van der Waals surface area contributed by atoms with E-state index in [0.29, 0.717) is 11.3 Å². The van der Waals surface area contributed by atoms with Crippen molar-refractivity contribution in [2.45, 2.75) is 31.8 Å². The van der Waals surface area contributed by atoms with Crippen LogP contribution in [0.4, 0.5) is 18.9 Å². The molecule has 0 aliphatic heterocycles. The van der Waals surface area contributed by atoms with Gasteiger partial charge in [0.25, 0.3) is 15.9 Å². The highest BCUT2D eigenvalue weighted by Crippen LogP contribution is 2.29. The summed E-state index contributed by atoms with van der Waals surface area (Å²) in [5.74, 6) is -0.760. The topological polar surface area (TPSA) is 78.8 Å². The van der Waals surface area contributed by atoms with Crippen LogP contribution in [-0.4, -0.2) is 27.1 Å². The van der Waals surface area contributed by atoms with Crippen LogP contribution in [-0.2, 0) is 21.0 Å². The van der Waals surface area contributed by atoms with Gasteiger partial charge in [-0.15, -0.1) is 0 Å². The largest absolute Gasteiger partial charge is 0.416 e. The van der Waals surface area contributed by atoms with Gasteiger partial charge in [0.1, 0.15) is 6.54 Å². The van der Waals surface area contributed by atoms with Gasteiger partial charge in [0, 0.05) is 0 Å². The molecular weight excluding hydrogens is 479 g/mol. The smallest absolute Gasteiger partial charge is 0.271 e. The SMILES string of the molecule is Cc1ccc(S(=O)(=O)N(CC(=O)N/N=C\c2cccc(C(F)(F)F)c2)c2ccc(C)cc2C)cc1. The third-order valence-corrected chi connectivity index (χ3v) is 6.91. The highest BCUT2D eigenvalue weighted by Gasteiger charge is 2.30. The van der Waals surface area contributed by atoms with Gasteiger partial charge < -0.3 is 0 Å². The van der Waals surface area contributed by atoms with Gasteiger partial charge in [0.2, 0.25) is 0 Å². The Kier molecular flexibility index (Phi) is 7.64. The number of amides is 1. The van der Waals surface area contributed by atoms with Crippen LogP contribution in [0.2, 0.25) is 0 Å². The van der Waals surface area contributed by atoms with Crippen molar-refractivity contribution < 1.29 is 26.4 Å². The number of benzene rings is 3. The summed E-state index contributed by atoms with van der Waals surface area (Å²) in [5, 5.41) is 3.70. The highest BCUT2D eigenvalue weighted by atomic mass is 32.2. The lowest BCUT2D eigenvalue weighted by Crippen LogP contribution is -2.40. The number of hydrazone groups is 1. The molecule has 6 nitrogen and oxygen atoms in total. The summed E-state index contributed by atoms with van der Waals surface area (Å²) in [4.78, 5) is 12.7. The molecule has 0 heterocycles. The maximum absolute atomic E-state index is 13.4. The fourth-order valence-corrected chi connectivity index (χ4v) is 4.85. The maximum atomic E-state index is 13.4. The first-order chi connectivity index (χ1) is 16.4. The third-order valence-electron chi connectivity index (χ3n) is 5.13. The molecule has 1 amide bonds. The van der Waals surface area contributed by atoms with Gasteiger partial charge in [-0.1, -0.05) is 47.5 Å². The van der Waals surface area contributed by atoms with Crippen molar-refractivity contribution in [2.75, 3.05) is 10.8 Å². The molecule has 1 N–H and O–H groups in total. The minimum absolute atomic E-state index is 0.0170. The molecule has 3 rings (SSSR count). The number of halogens is 3. The highest BCUT2D eigenvalue weighted by molar-refractivity contribution is 7.92. The van der Waals surface area contributed by atoms with Crippen LogP contribution in [0.3, 0.4) is 0 Å². The number of alkyl halides is 3. The second kappa shape index (κ2) is 10.3. The maximum Gasteiger partial charge on any atom is 0.416 e. The van der Waals surface area contributed by atoms with E-state index in [1.807, 2.05) is 13.8 Å². The Hall–Kier alpha value is -3.66. The number of sulfonamides is 1. The molecule has 0 saturated heterocycles. The van der Waals surface area contributed by atoms with Crippen LogP contribution in [0, 0.1) is 20.8 Å². The fourth-order valence-electron chi connectivity index (χ4n) is 3.36. The van der Waals surface area contributed by atoms with E-state index in [1.54, 1.807) is 37.3 Å². The predicted molar refractivity (Wildman–Crippen MR) is 129 cm³/mol. The second-order valence-corrected chi connectivity index (χ2v) is 9.89. The molecule has 0 bridgehead atoms. The lowest BCUT2D eigenvalue weighted by Gasteiger charge is -2.25. The normalized spacial score (nSPS) is 12.1. The van der Waals surface area contributed by atoms with Crippen molar-refractivity contribution >= 4 is 27.8 Å². The van der Waals surface area contributed by atoms with Crippen LogP contribution in [0.1, 0.15) is 27.8 Å². The van der Waals surface area contributed by atoms with E-state index in [4.69, 9.17) is 0 Å². The molecule has 184 valence electrons. The molecule has 0 radical (unpaired) electrons. The summed E-state index contributed by atoms with van der Waals surface area (Å²) < 4.78 is 66.5. The standard InChI is InChI=1S/C25H24F3N3O3S/c1-17-7-10-22(11-8-17)35(33,34)31(23-12-9-18(2)13-19(23)3)16-24(32)30-29-15-20-5-4-6-21(14-20)25(26,27)28/h4-15H,16H2,1-3H3,(H,30,32)/b29-15-. The zero-order chi connectivity index (χ0) is 25.8. The van der Waals surface area contributed by atoms with E-state index >= 15 is 0 Å². The number of aryl methyl sites for hydroxylation is 3. The van der Waals surface area contributed by atoms with Crippen molar-refractivity contribution in [2.24, 2.45) is 5.10 Å². The molecule has 35 heavy (non-hydrogen) atoms. The van der Waals surface area contributed by atoms with Crippen molar-refractivity contribution in [3.05, 3.63) is 94.5 Å². The zero-order valence-corrected chi connectivity index (χ0v) is 20.1. The lowest BCUT2D eigenvalue weighted by molar-refractivity contribution is -0.137. The van der Waals surface area contributed by atoms with Gasteiger partial charge in [0.05, 0.1) is 22.4 Å². The van der Waals surface area contributed by atoms with E-state index in [2.05, 4.69) is 10.5 Å². The van der Waals surface area contributed by atoms with Crippen molar-refractivity contribution in [1.29, 1.82) is 0 Å². The van der Waals surface area contributed by atoms with Crippen LogP contribution in [0.15, 0.2) is 76.7 Å². The first-order valence-electron chi connectivity index (χ1n) is 10.5. The number of hydrogen-bond acceptors (Lipinski definition) is 4. The van der Waals surface area contributed by atoms with E-state index in [9.17, 15) is 26.4 Å². The van der Waals surface area contributed by atoms with Crippen LogP contribution in [0.5, 0.6) is 0 Å². The van der Waals surface area contributed by atoms with Crippen LogP contribution >= 0.6 is 0 Å². The summed E-state index contributed by atoms with van der Waals surface area (Å²) in [6.45, 7) is 4.85. The Morgan fingerprint density at radius 2 is 1.63 bits per heavy atom. The summed E-state index contributed by atoms with van der Waals surface area (Å²) >= 11 is 0. The van der Waals surface area contributed by atoms with Crippen molar-refractivity contribution in [3.63, 3.8) is 0 Å². The molecule has 10 heteroatoms. The van der Waals surface area contributed by atoms with E-state index in [0.717, 1.165) is 33.8 Å². The van der Waals surface area contributed by atoms with Gasteiger partial charge in [-0.05, 0) is 62.2 Å². The average molecular weight is 504 g/mol. The van der Waals surface area contributed by atoms with E-state index in [1.165, 1.54) is 24.3 Å². The Balaban J connectivity index is 1.86. The first-order valence-corrected chi connectivity index (χ1v) is 12.0. The number of carbonyl (C=O) groups excluding carboxylic acids is 1. The number of rotatable bonds is 7. The Morgan fingerprint density at radius 1 is 0.971 bits per heavy atom. The molecule has 3 aromatic carbocycles. The van der Waals surface area contributed by atoms with Gasteiger partial charge in [-0.2, -0.15) is 18.3 Å². The summed E-state index contributed by atoms with van der Waals surface area (Å²) in [6, 6.07) is 15.8. The minimum Gasteiger partial charge on any atom is -0.271 e. The minimum atomic E-state index is -4.51. The van der Waals surface area contributed by atoms with Crippen LogP contribution < -0.4 is 9.73 Å². The monoisotopic (exact) mass is 503 g/mol. The molecule has 0 aliphatic carbocycles. The van der Waals surface area contributed by atoms with Gasteiger partial charge in [-0.25, -0.2) is 13.8 Å². The van der Waals surface area contributed by atoms with Crippen molar-refractivity contribution in [3.8, 4) is 0 Å². The molecule has 0 aromatic heterocycles. The van der Waals surface area contributed by atoms with E-state index < -0.39 is 34.2 Å². The molecule has 0 aliphatic rings. The summed E-state index contributed by atoms with van der Waals surface area (Å²) in [5.41, 5.74) is 4.26. The number of carbonyl (C=O) groups is 1. The molecule has 0 atom stereocenters. The average Bonchev–Trinajstić information content (AvgIpc) is 2.78. The molecule has 0 fully saturated rings. The number of nitrogens with zero attached hydrogens (tertiary/aromatic N) is 2. The fraction of sp³-hybridized carbons (Fsp3) is 0.200. The number of nitrogens with one attached hydrogen (secondary N) is 1. The predicted octanol–water partition coefficient (Wildman–Crippen LogP) is 4.98. The quantitative estimate of drug-likeness (QED) is 0.365. The molecule has 0 unspecified atom stereocenters. The van der Waals surface area contributed by atoms with Gasteiger partial charge in [0.15, 0.2) is 0 Å². The lowest BCUT2D eigenvalue weighted by atomic mass is 10.1.